The topological polar surface area (TPSA) is 27.7 Å². The van der Waals surface area contributed by atoms with Gasteiger partial charge in [0.2, 0.25) is 0 Å². The van der Waals surface area contributed by atoms with Crippen LogP contribution in [0.3, 0.4) is 0 Å². The van der Waals surface area contributed by atoms with Gasteiger partial charge in [-0.1, -0.05) is 140 Å². The fourth-order valence-electron chi connectivity index (χ4n) is 9.74. The summed E-state index contributed by atoms with van der Waals surface area (Å²) in [4.78, 5) is 0. The van der Waals surface area contributed by atoms with E-state index in [1.54, 1.807) is 0 Å². The van der Waals surface area contributed by atoms with Crippen molar-refractivity contribution in [3.05, 3.63) is 118 Å². The van der Waals surface area contributed by atoms with Gasteiger partial charge in [0.05, 0.1) is 13.2 Å². The van der Waals surface area contributed by atoms with E-state index >= 15 is 0 Å². The van der Waals surface area contributed by atoms with Crippen LogP contribution in [0.2, 0.25) is 0 Å². The SMILES string of the molecule is CCCCCC1CCC(c2ccc(Cc3cc(OCCCC)ccc3Oc3ccc(OCCCC)cc3Cc3ccc(C4CCC(CCCCC)CC4)cc3)cc2)CC1. The van der Waals surface area contributed by atoms with Crippen LogP contribution in [-0.4, -0.2) is 13.2 Å². The van der Waals surface area contributed by atoms with Crippen molar-refractivity contribution in [2.75, 3.05) is 13.2 Å². The van der Waals surface area contributed by atoms with Gasteiger partial charge in [-0.25, -0.2) is 0 Å². The van der Waals surface area contributed by atoms with Gasteiger partial charge in [0.15, 0.2) is 0 Å². The van der Waals surface area contributed by atoms with Crippen LogP contribution in [0.1, 0.15) is 201 Å². The summed E-state index contributed by atoms with van der Waals surface area (Å²) in [6, 6.07) is 31.8. The number of rotatable bonds is 24. The quantitative estimate of drug-likeness (QED) is 0.0661. The molecule has 0 aliphatic heterocycles. The van der Waals surface area contributed by atoms with E-state index in [1.165, 1.54) is 125 Å². The van der Waals surface area contributed by atoms with Crippen LogP contribution in [0.25, 0.3) is 0 Å². The third-order valence-electron chi connectivity index (χ3n) is 13.6. The average Bonchev–Trinajstić information content (AvgIpc) is 3.27. The molecule has 0 bridgehead atoms. The van der Waals surface area contributed by atoms with Gasteiger partial charge in [0.25, 0.3) is 0 Å². The van der Waals surface area contributed by atoms with E-state index < -0.39 is 0 Å². The highest BCUT2D eigenvalue weighted by molar-refractivity contribution is 5.49. The Labute approximate surface area is 360 Å². The molecule has 0 saturated heterocycles. The van der Waals surface area contributed by atoms with Crippen molar-refractivity contribution < 1.29 is 14.2 Å². The van der Waals surface area contributed by atoms with Crippen molar-refractivity contribution in [1.82, 2.24) is 0 Å². The molecule has 4 aromatic rings. The zero-order valence-electron chi connectivity index (χ0n) is 37.6. The normalized spacial score (nSPS) is 19.4. The Morgan fingerprint density at radius 3 is 1.19 bits per heavy atom. The number of hydrogen-bond donors (Lipinski definition) is 0. The Bertz CT molecular complexity index is 1630. The van der Waals surface area contributed by atoms with Crippen molar-refractivity contribution in [2.24, 2.45) is 11.8 Å². The van der Waals surface area contributed by atoms with Crippen molar-refractivity contribution in [1.29, 1.82) is 0 Å². The van der Waals surface area contributed by atoms with Crippen LogP contribution >= 0.6 is 0 Å². The summed E-state index contributed by atoms with van der Waals surface area (Å²) in [5.74, 6) is 6.88. The molecule has 0 radical (unpaired) electrons. The zero-order chi connectivity index (χ0) is 41.1. The molecule has 0 amide bonds. The highest BCUT2D eigenvalue weighted by Crippen LogP contribution is 2.40. The largest absolute Gasteiger partial charge is 0.494 e. The lowest BCUT2D eigenvalue weighted by Gasteiger charge is -2.29. The van der Waals surface area contributed by atoms with E-state index in [1.807, 2.05) is 0 Å². The van der Waals surface area contributed by atoms with Crippen molar-refractivity contribution in [3.63, 3.8) is 0 Å². The van der Waals surface area contributed by atoms with Gasteiger partial charge >= 0.3 is 0 Å². The van der Waals surface area contributed by atoms with Crippen LogP contribution in [0.4, 0.5) is 0 Å². The Hall–Kier alpha value is -3.72. The van der Waals surface area contributed by atoms with E-state index in [-0.39, 0.29) is 0 Å². The molecule has 2 aliphatic rings. The van der Waals surface area contributed by atoms with E-state index in [0.29, 0.717) is 11.8 Å². The van der Waals surface area contributed by atoms with E-state index in [0.717, 1.165) is 97.7 Å². The zero-order valence-corrected chi connectivity index (χ0v) is 37.6. The first-order valence-corrected chi connectivity index (χ1v) is 24.4. The summed E-state index contributed by atoms with van der Waals surface area (Å²) in [6.45, 7) is 10.5. The summed E-state index contributed by atoms with van der Waals surface area (Å²) in [5.41, 5.74) is 7.94. The van der Waals surface area contributed by atoms with E-state index in [4.69, 9.17) is 14.2 Å². The molecule has 4 aromatic carbocycles. The maximum atomic E-state index is 6.96. The summed E-state index contributed by atoms with van der Waals surface area (Å²) >= 11 is 0. The average molecular weight is 799 g/mol. The number of ether oxygens (including phenoxy) is 3. The van der Waals surface area contributed by atoms with Crippen LogP contribution in [0.15, 0.2) is 84.9 Å². The van der Waals surface area contributed by atoms with Gasteiger partial charge in [-0.3, -0.25) is 0 Å². The maximum absolute atomic E-state index is 6.96. The second kappa shape index (κ2) is 24.5. The molecule has 59 heavy (non-hydrogen) atoms. The molecule has 0 heterocycles. The van der Waals surface area contributed by atoms with Crippen LogP contribution < -0.4 is 14.2 Å². The molecule has 2 aliphatic carbocycles. The molecule has 0 atom stereocenters. The van der Waals surface area contributed by atoms with Gasteiger partial charge in [0.1, 0.15) is 23.0 Å². The Morgan fingerprint density at radius 1 is 0.424 bits per heavy atom. The molecular formula is C56H78O3. The van der Waals surface area contributed by atoms with Gasteiger partial charge in [0, 0.05) is 24.0 Å². The van der Waals surface area contributed by atoms with Gasteiger partial charge in [-0.05, 0) is 147 Å². The molecule has 2 saturated carbocycles. The highest BCUT2D eigenvalue weighted by atomic mass is 16.5. The standard InChI is InChI=1S/C56H78O3/c1-5-9-13-15-43-17-25-47(26-18-43)49-29-21-45(22-30-49)39-51-41-53(57-37-11-7-3)33-35-55(51)59-56-36-34-54(58-38-12-8-4)42-52(56)40-46-23-31-50(32-24-46)48-27-19-44(20-28-48)16-14-10-6-2/h21-24,29-36,41-44,47-48H,5-20,25-28,37-40H2,1-4H3. The fourth-order valence-corrected chi connectivity index (χ4v) is 9.74. The highest BCUT2D eigenvalue weighted by Gasteiger charge is 2.24. The molecule has 320 valence electrons. The van der Waals surface area contributed by atoms with Crippen molar-refractivity contribution >= 4 is 0 Å². The number of hydrogen-bond acceptors (Lipinski definition) is 3. The molecule has 0 unspecified atom stereocenters. The Balaban J connectivity index is 1.16. The third kappa shape index (κ3) is 14.2. The number of unbranched alkanes of at least 4 members (excludes halogenated alkanes) is 6. The Morgan fingerprint density at radius 2 is 0.814 bits per heavy atom. The molecule has 6 rings (SSSR count). The first-order chi connectivity index (χ1) is 29.0. The lowest BCUT2D eigenvalue weighted by molar-refractivity contribution is 0.303. The first-order valence-electron chi connectivity index (χ1n) is 24.4. The monoisotopic (exact) mass is 799 g/mol. The Kier molecular flexibility index (Phi) is 18.6. The van der Waals surface area contributed by atoms with Crippen molar-refractivity contribution in [2.45, 2.75) is 181 Å². The van der Waals surface area contributed by atoms with Gasteiger partial charge in [-0.2, -0.15) is 0 Å². The fraction of sp³-hybridized carbons (Fsp3) is 0.571. The summed E-state index contributed by atoms with van der Waals surface area (Å²) < 4.78 is 19.4. The minimum Gasteiger partial charge on any atom is -0.494 e. The second-order valence-electron chi connectivity index (χ2n) is 18.3. The predicted octanol–water partition coefficient (Wildman–Crippen LogP) is 16.7. The second-order valence-corrected chi connectivity index (χ2v) is 18.3. The summed E-state index contributed by atoms with van der Waals surface area (Å²) in [7, 11) is 0. The minimum absolute atomic E-state index is 0.698. The molecule has 0 aromatic heterocycles. The number of benzene rings is 4. The maximum Gasteiger partial charge on any atom is 0.131 e. The van der Waals surface area contributed by atoms with Crippen LogP contribution in [-0.2, 0) is 12.8 Å². The molecule has 3 nitrogen and oxygen atoms in total. The van der Waals surface area contributed by atoms with Gasteiger partial charge in [-0.15, -0.1) is 0 Å². The molecule has 3 heteroatoms. The summed E-state index contributed by atoms with van der Waals surface area (Å²) in [5, 5.41) is 0. The third-order valence-corrected chi connectivity index (χ3v) is 13.6. The van der Waals surface area contributed by atoms with E-state index in [2.05, 4.69) is 113 Å². The van der Waals surface area contributed by atoms with E-state index in [9.17, 15) is 0 Å². The van der Waals surface area contributed by atoms with Crippen LogP contribution in [0, 0.1) is 11.8 Å². The van der Waals surface area contributed by atoms with Crippen LogP contribution in [0.5, 0.6) is 23.0 Å². The lowest BCUT2D eigenvalue weighted by atomic mass is 9.77. The smallest absolute Gasteiger partial charge is 0.131 e. The molecule has 0 N–H and O–H groups in total. The molecular weight excluding hydrogens is 721 g/mol. The first kappa shape index (κ1) is 44.8. The van der Waals surface area contributed by atoms with Gasteiger partial charge < -0.3 is 14.2 Å². The molecule has 2 fully saturated rings. The minimum atomic E-state index is 0.698. The molecule has 0 spiro atoms. The summed E-state index contributed by atoms with van der Waals surface area (Å²) in [6.07, 6.45) is 27.9. The van der Waals surface area contributed by atoms with Crippen molar-refractivity contribution in [3.8, 4) is 23.0 Å². The predicted molar refractivity (Wildman–Crippen MR) is 250 cm³/mol. The lowest BCUT2D eigenvalue weighted by Crippen LogP contribution is -2.13.